The summed E-state index contributed by atoms with van der Waals surface area (Å²) in [5, 5.41) is 0. The molecule has 1 rings (SSSR count). The Hall–Kier alpha value is -1.93. The Bertz CT molecular complexity index is 465. The summed E-state index contributed by atoms with van der Waals surface area (Å²) >= 11 is 0. The summed E-state index contributed by atoms with van der Waals surface area (Å²) in [7, 11) is 1.64. The lowest BCUT2D eigenvalue weighted by molar-refractivity contribution is -0.137. The van der Waals surface area contributed by atoms with Gasteiger partial charge in [-0.25, -0.2) is 4.79 Å². The minimum Gasteiger partial charge on any atom is -0.444 e. The number of hydrogen-bond donors (Lipinski definition) is 0. The SMILES string of the molecule is CN(CCOCCOCCN1C(=O)C=CC1=O)C(=O)OC(C)(C)C. The van der Waals surface area contributed by atoms with Crippen LogP contribution in [-0.2, 0) is 23.8 Å². The summed E-state index contributed by atoms with van der Waals surface area (Å²) < 4.78 is 15.9. The molecule has 0 aromatic heterocycles. The molecule has 0 unspecified atom stereocenters. The first-order chi connectivity index (χ1) is 11.2. The quantitative estimate of drug-likeness (QED) is 0.455. The van der Waals surface area contributed by atoms with E-state index >= 15 is 0 Å². The maximum atomic E-state index is 11.7. The lowest BCUT2D eigenvalue weighted by Crippen LogP contribution is -2.36. The van der Waals surface area contributed by atoms with Crippen LogP contribution in [0.4, 0.5) is 4.79 Å². The molecule has 1 aliphatic rings. The van der Waals surface area contributed by atoms with Gasteiger partial charge in [0.05, 0.1) is 33.0 Å². The van der Waals surface area contributed by atoms with E-state index in [4.69, 9.17) is 14.2 Å². The van der Waals surface area contributed by atoms with E-state index in [1.807, 2.05) is 20.8 Å². The van der Waals surface area contributed by atoms with Gasteiger partial charge >= 0.3 is 6.09 Å². The topological polar surface area (TPSA) is 85.4 Å². The Morgan fingerprint density at radius 3 is 2.12 bits per heavy atom. The van der Waals surface area contributed by atoms with Gasteiger partial charge in [0.2, 0.25) is 0 Å². The van der Waals surface area contributed by atoms with Gasteiger partial charge in [0, 0.05) is 25.7 Å². The second kappa shape index (κ2) is 9.39. The Kier molecular flexibility index (Phi) is 7.87. The third-order valence-electron chi connectivity index (χ3n) is 3.01. The Morgan fingerprint density at radius 2 is 1.58 bits per heavy atom. The number of imide groups is 1. The maximum absolute atomic E-state index is 11.7. The molecule has 24 heavy (non-hydrogen) atoms. The fourth-order valence-corrected chi connectivity index (χ4v) is 1.76. The molecule has 0 aromatic rings. The van der Waals surface area contributed by atoms with Gasteiger partial charge in [0.25, 0.3) is 11.8 Å². The number of carbonyl (C=O) groups excluding carboxylic acids is 3. The zero-order valence-corrected chi connectivity index (χ0v) is 14.7. The number of likely N-dealkylation sites (N-methyl/N-ethyl adjacent to an activating group) is 1. The molecule has 8 heteroatoms. The Morgan fingerprint density at radius 1 is 1.04 bits per heavy atom. The maximum Gasteiger partial charge on any atom is 0.410 e. The predicted octanol–water partition coefficient (Wildman–Crippen LogP) is 0.811. The second-order valence-corrected chi connectivity index (χ2v) is 6.29. The van der Waals surface area contributed by atoms with Crippen LogP contribution in [-0.4, -0.2) is 79.9 Å². The van der Waals surface area contributed by atoms with E-state index < -0.39 is 11.7 Å². The number of hydrogen-bond acceptors (Lipinski definition) is 6. The number of amides is 3. The molecule has 3 amide bonds. The van der Waals surface area contributed by atoms with Crippen LogP contribution in [0.2, 0.25) is 0 Å². The van der Waals surface area contributed by atoms with Crippen LogP contribution in [0.3, 0.4) is 0 Å². The highest BCUT2D eigenvalue weighted by atomic mass is 16.6. The summed E-state index contributed by atoms with van der Waals surface area (Å²) in [6.07, 6.45) is 2.09. The van der Waals surface area contributed by atoms with Crippen molar-refractivity contribution in [3.8, 4) is 0 Å². The van der Waals surface area contributed by atoms with Crippen molar-refractivity contribution in [1.29, 1.82) is 0 Å². The second-order valence-electron chi connectivity index (χ2n) is 6.29. The summed E-state index contributed by atoms with van der Waals surface area (Å²) in [6.45, 7) is 7.42. The molecule has 136 valence electrons. The summed E-state index contributed by atoms with van der Waals surface area (Å²) in [4.78, 5) is 36.9. The van der Waals surface area contributed by atoms with E-state index in [2.05, 4.69) is 0 Å². The van der Waals surface area contributed by atoms with Gasteiger partial charge in [-0.3, -0.25) is 14.5 Å². The van der Waals surface area contributed by atoms with Crippen molar-refractivity contribution in [2.45, 2.75) is 26.4 Å². The Labute approximate surface area is 142 Å². The normalized spacial score (nSPS) is 14.4. The molecule has 0 spiro atoms. The first-order valence-corrected chi connectivity index (χ1v) is 7.84. The average molecular weight is 342 g/mol. The fourth-order valence-electron chi connectivity index (χ4n) is 1.76. The first kappa shape index (κ1) is 20.1. The largest absolute Gasteiger partial charge is 0.444 e. The van der Waals surface area contributed by atoms with Crippen LogP contribution in [0.25, 0.3) is 0 Å². The molecular weight excluding hydrogens is 316 g/mol. The van der Waals surface area contributed by atoms with Gasteiger partial charge in [-0.2, -0.15) is 0 Å². The number of ether oxygens (including phenoxy) is 3. The fraction of sp³-hybridized carbons (Fsp3) is 0.688. The number of carbonyl (C=O) groups is 3. The van der Waals surface area contributed by atoms with Gasteiger partial charge < -0.3 is 19.1 Å². The number of rotatable bonds is 9. The van der Waals surface area contributed by atoms with E-state index in [-0.39, 0.29) is 25.0 Å². The van der Waals surface area contributed by atoms with Gasteiger partial charge in [-0.15, -0.1) is 0 Å². The number of nitrogens with zero attached hydrogens (tertiary/aromatic N) is 2. The summed E-state index contributed by atoms with van der Waals surface area (Å²) in [5.41, 5.74) is -0.520. The van der Waals surface area contributed by atoms with Crippen LogP contribution >= 0.6 is 0 Å². The molecular formula is C16H26N2O6. The molecule has 0 bridgehead atoms. The van der Waals surface area contributed by atoms with Gasteiger partial charge in [-0.1, -0.05) is 0 Å². The van der Waals surface area contributed by atoms with Gasteiger partial charge in [0.15, 0.2) is 0 Å². The molecule has 0 fully saturated rings. The standard InChI is InChI=1S/C16H26N2O6/c1-16(2,3)24-15(21)17(4)7-9-22-11-12-23-10-8-18-13(19)5-6-14(18)20/h5-6H,7-12H2,1-4H3. The highest BCUT2D eigenvalue weighted by Crippen LogP contribution is 2.08. The highest BCUT2D eigenvalue weighted by Gasteiger charge is 2.22. The molecule has 0 atom stereocenters. The average Bonchev–Trinajstić information content (AvgIpc) is 2.79. The van der Waals surface area contributed by atoms with E-state index in [9.17, 15) is 14.4 Å². The lowest BCUT2D eigenvalue weighted by Gasteiger charge is -2.24. The predicted molar refractivity (Wildman–Crippen MR) is 86.4 cm³/mol. The van der Waals surface area contributed by atoms with Crippen molar-refractivity contribution in [2.24, 2.45) is 0 Å². The minimum absolute atomic E-state index is 0.228. The van der Waals surface area contributed by atoms with Crippen molar-refractivity contribution in [3.05, 3.63) is 12.2 Å². The zero-order valence-electron chi connectivity index (χ0n) is 14.7. The molecule has 0 radical (unpaired) electrons. The van der Waals surface area contributed by atoms with E-state index in [1.54, 1.807) is 7.05 Å². The van der Waals surface area contributed by atoms with Crippen molar-refractivity contribution >= 4 is 17.9 Å². The molecule has 0 aromatic carbocycles. The van der Waals surface area contributed by atoms with Crippen molar-refractivity contribution in [2.75, 3.05) is 46.6 Å². The smallest absolute Gasteiger partial charge is 0.410 e. The van der Waals surface area contributed by atoms with Crippen molar-refractivity contribution in [1.82, 2.24) is 9.80 Å². The zero-order chi connectivity index (χ0) is 18.2. The van der Waals surface area contributed by atoms with Crippen LogP contribution in [0.1, 0.15) is 20.8 Å². The third-order valence-corrected chi connectivity index (χ3v) is 3.01. The van der Waals surface area contributed by atoms with Crippen LogP contribution in [0.15, 0.2) is 12.2 Å². The molecule has 8 nitrogen and oxygen atoms in total. The molecule has 0 saturated carbocycles. The molecule has 0 saturated heterocycles. The van der Waals surface area contributed by atoms with Crippen molar-refractivity contribution < 1.29 is 28.6 Å². The Balaban J connectivity index is 2.00. The highest BCUT2D eigenvalue weighted by molar-refractivity contribution is 6.12. The van der Waals surface area contributed by atoms with Gasteiger partial charge in [-0.05, 0) is 20.8 Å². The monoisotopic (exact) mass is 342 g/mol. The lowest BCUT2D eigenvalue weighted by atomic mass is 10.2. The van der Waals surface area contributed by atoms with E-state index in [0.717, 1.165) is 4.90 Å². The molecule has 1 aliphatic heterocycles. The molecule has 1 heterocycles. The minimum atomic E-state index is -0.520. The summed E-state index contributed by atoms with van der Waals surface area (Å²) in [5.74, 6) is -0.630. The van der Waals surface area contributed by atoms with Gasteiger partial charge in [0.1, 0.15) is 5.60 Å². The summed E-state index contributed by atoms with van der Waals surface area (Å²) in [6, 6.07) is 0. The van der Waals surface area contributed by atoms with Crippen LogP contribution < -0.4 is 0 Å². The molecule has 0 aliphatic carbocycles. The van der Waals surface area contributed by atoms with Crippen molar-refractivity contribution in [3.63, 3.8) is 0 Å². The van der Waals surface area contributed by atoms with E-state index in [1.165, 1.54) is 17.1 Å². The third kappa shape index (κ3) is 7.56. The van der Waals surface area contributed by atoms with E-state index in [0.29, 0.717) is 26.4 Å². The first-order valence-electron chi connectivity index (χ1n) is 7.84. The van der Waals surface area contributed by atoms with Crippen LogP contribution in [0, 0.1) is 0 Å². The molecule has 0 N–H and O–H groups in total. The van der Waals surface area contributed by atoms with Crippen LogP contribution in [0.5, 0.6) is 0 Å².